The lowest BCUT2D eigenvalue weighted by molar-refractivity contribution is -0.130. The normalized spacial score (nSPS) is 19.6. The van der Waals surface area contributed by atoms with Crippen LogP contribution in [0.3, 0.4) is 0 Å². The van der Waals surface area contributed by atoms with Gasteiger partial charge < -0.3 is 4.90 Å². The van der Waals surface area contributed by atoms with Gasteiger partial charge in [-0.1, -0.05) is 55.4 Å². The van der Waals surface area contributed by atoms with Crippen LogP contribution in [0.2, 0.25) is 0 Å². The standard InChI is InChI=1S/C22H25N3OS/c1-15-4-6-18(7-5-15)20-9-8-19(11-23)22(24-20)27-14-21(26)25-12-16(2)10-17(3)13-25/h4-9,16-17H,10,12-14H2,1-3H3/t16-,17-/m0/s1. The van der Waals surface area contributed by atoms with Gasteiger partial charge in [-0.05, 0) is 37.3 Å². The van der Waals surface area contributed by atoms with Crippen LogP contribution in [0.15, 0.2) is 41.4 Å². The minimum Gasteiger partial charge on any atom is -0.341 e. The van der Waals surface area contributed by atoms with Crippen LogP contribution in [0.1, 0.15) is 31.4 Å². The number of carbonyl (C=O) groups excluding carboxylic acids is 1. The number of rotatable bonds is 4. The molecular weight excluding hydrogens is 354 g/mol. The third-order valence-electron chi connectivity index (χ3n) is 4.88. The molecule has 0 unspecified atom stereocenters. The maximum absolute atomic E-state index is 12.6. The number of hydrogen-bond donors (Lipinski definition) is 0. The maximum Gasteiger partial charge on any atom is 0.233 e. The number of aryl methyl sites for hydroxylation is 1. The van der Waals surface area contributed by atoms with E-state index in [0.29, 0.717) is 28.2 Å². The Morgan fingerprint density at radius 2 is 1.85 bits per heavy atom. The fraction of sp³-hybridized carbons (Fsp3) is 0.409. The molecular formula is C22H25N3OS. The van der Waals surface area contributed by atoms with E-state index in [0.717, 1.165) is 24.3 Å². The van der Waals surface area contributed by atoms with Crippen LogP contribution in [0.5, 0.6) is 0 Å². The maximum atomic E-state index is 12.6. The van der Waals surface area contributed by atoms with Crippen LogP contribution < -0.4 is 0 Å². The zero-order chi connectivity index (χ0) is 19.4. The number of nitriles is 1. The number of piperidine rings is 1. The van der Waals surface area contributed by atoms with Gasteiger partial charge in [0.05, 0.1) is 17.0 Å². The van der Waals surface area contributed by atoms with E-state index in [1.165, 1.54) is 23.7 Å². The molecule has 1 amide bonds. The van der Waals surface area contributed by atoms with Crippen LogP contribution >= 0.6 is 11.8 Å². The van der Waals surface area contributed by atoms with Crippen molar-refractivity contribution in [2.24, 2.45) is 11.8 Å². The molecule has 27 heavy (non-hydrogen) atoms. The molecule has 1 aromatic carbocycles. The molecule has 3 rings (SSSR count). The molecule has 0 N–H and O–H groups in total. The van der Waals surface area contributed by atoms with Crippen molar-refractivity contribution in [2.75, 3.05) is 18.8 Å². The van der Waals surface area contributed by atoms with Gasteiger partial charge in [0.1, 0.15) is 11.1 Å². The number of likely N-dealkylation sites (tertiary alicyclic amines) is 1. The average Bonchev–Trinajstić information content (AvgIpc) is 2.65. The van der Waals surface area contributed by atoms with Crippen molar-refractivity contribution in [3.05, 3.63) is 47.5 Å². The lowest BCUT2D eigenvalue weighted by Gasteiger charge is -2.35. The van der Waals surface area contributed by atoms with Gasteiger partial charge in [0.25, 0.3) is 0 Å². The van der Waals surface area contributed by atoms with Crippen molar-refractivity contribution in [1.82, 2.24) is 9.88 Å². The molecule has 0 aliphatic carbocycles. The summed E-state index contributed by atoms with van der Waals surface area (Å²) in [5.41, 5.74) is 3.54. The Hall–Kier alpha value is -2.32. The fourth-order valence-corrected chi connectivity index (χ4v) is 4.48. The summed E-state index contributed by atoms with van der Waals surface area (Å²) in [6.45, 7) is 8.09. The van der Waals surface area contributed by atoms with Gasteiger partial charge >= 0.3 is 0 Å². The highest BCUT2D eigenvalue weighted by molar-refractivity contribution is 8.00. The predicted molar refractivity (Wildman–Crippen MR) is 109 cm³/mol. The number of carbonyl (C=O) groups is 1. The SMILES string of the molecule is Cc1ccc(-c2ccc(C#N)c(SCC(=O)N3C[C@@H](C)C[C@H](C)C3)n2)cc1. The Balaban J connectivity index is 1.73. The quantitative estimate of drug-likeness (QED) is 0.733. The summed E-state index contributed by atoms with van der Waals surface area (Å²) >= 11 is 1.36. The summed E-state index contributed by atoms with van der Waals surface area (Å²) in [4.78, 5) is 19.3. The smallest absolute Gasteiger partial charge is 0.233 e. The Bertz CT molecular complexity index is 847. The molecule has 5 heteroatoms. The van der Waals surface area contributed by atoms with Gasteiger partial charge in [-0.15, -0.1) is 0 Å². The highest BCUT2D eigenvalue weighted by Crippen LogP contribution is 2.27. The van der Waals surface area contributed by atoms with Crippen LogP contribution in [0, 0.1) is 30.1 Å². The molecule has 2 aromatic rings. The first-order valence-corrected chi connectivity index (χ1v) is 10.3. The second kappa shape index (κ2) is 8.58. The van der Waals surface area contributed by atoms with E-state index < -0.39 is 0 Å². The summed E-state index contributed by atoms with van der Waals surface area (Å²) in [6.07, 6.45) is 1.18. The first kappa shape index (κ1) is 19.4. The van der Waals surface area contributed by atoms with Gasteiger partial charge in [-0.3, -0.25) is 4.79 Å². The summed E-state index contributed by atoms with van der Waals surface area (Å²) in [6, 6.07) is 14.0. The van der Waals surface area contributed by atoms with Gasteiger partial charge in [0.15, 0.2) is 0 Å². The van der Waals surface area contributed by atoms with E-state index >= 15 is 0 Å². The number of hydrogen-bond acceptors (Lipinski definition) is 4. The van der Waals surface area contributed by atoms with Crippen LogP contribution in [0.25, 0.3) is 11.3 Å². The second-order valence-corrected chi connectivity index (χ2v) is 8.52. The molecule has 140 valence electrons. The number of pyridine rings is 1. The molecule has 1 aromatic heterocycles. The van der Waals surface area contributed by atoms with Gasteiger partial charge in [-0.2, -0.15) is 5.26 Å². The van der Waals surface area contributed by atoms with Crippen molar-refractivity contribution in [2.45, 2.75) is 32.2 Å². The summed E-state index contributed by atoms with van der Waals surface area (Å²) in [5, 5.41) is 10.0. The number of nitrogens with zero attached hydrogens (tertiary/aromatic N) is 3. The monoisotopic (exact) mass is 379 g/mol. The summed E-state index contributed by atoms with van der Waals surface area (Å²) in [7, 11) is 0. The van der Waals surface area contributed by atoms with Crippen molar-refractivity contribution in [3.8, 4) is 17.3 Å². The van der Waals surface area contributed by atoms with Gasteiger partial charge in [-0.25, -0.2) is 4.98 Å². The first-order chi connectivity index (χ1) is 13.0. The van der Waals surface area contributed by atoms with E-state index in [2.05, 4.69) is 24.9 Å². The highest BCUT2D eigenvalue weighted by atomic mass is 32.2. The van der Waals surface area contributed by atoms with Crippen molar-refractivity contribution >= 4 is 17.7 Å². The largest absolute Gasteiger partial charge is 0.341 e. The summed E-state index contributed by atoms with van der Waals surface area (Å²) in [5.74, 6) is 1.53. The zero-order valence-corrected chi connectivity index (χ0v) is 16.9. The van der Waals surface area contributed by atoms with E-state index in [1.807, 2.05) is 42.2 Å². The minimum absolute atomic E-state index is 0.129. The van der Waals surface area contributed by atoms with E-state index in [1.54, 1.807) is 6.07 Å². The fourth-order valence-electron chi connectivity index (χ4n) is 3.61. The summed E-state index contributed by atoms with van der Waals surface area (Å²) < 4.78 is 0. The lowest BCUT2D eigenvalue weighted by Crippen LogP contribution is -2.43. The molecule has 0 radical (unpaired) electrons. The Morgan fingerprint density at radius 1 is 1.19 bits per heavy atom. The Kier molecular flexibility index (Phi) is 6.18. The molecule has 1 saturated heterocycles. The molecule has 4 nitrogen and oxygen atoms in total. The molecule has 2 heterocycles. The zero-order valence-electron chi connectivity index (χ0n) is 16.1. The minimum atomic E-state index is 0.129. The van der Waals surface area contributed by atoms with E-state index in [-0.39, 0.29) is 5.91 Å². The molecule has 1 aliphatic heterocycles. The molecule has 1 fully saturated rings. The third-order valence-corrected chi connectivity index (χ3v) is 5.86. The predicted octanol–water partition coefficient (Wildman–Crippen LogP) is 4.53. The molecule has 2 atom stereocenters. The third kappa shape index (κ3) is 4.90. The average molecular weight is 380 g/mol. The van der Waals surface area contributed by atoms with Crippen LogP contribution in [-0.4, -0.2) is 34.6 Å². The second-order valence-electron chi connectivity index (χ2n) is 7.56. The van der Waals surface area contributed by atoms with E-state index in [9.17, 15) is 10.1 Å². The Labute approximate surface area is 165 Å². The van der Waals surface area contributed by atoms with Gasteiger partial charge in [0, 0.05) is 18.7 Å². The van der Waals surface area contributed by atoms with Crippen molar-refractivity contribution in [3.63, 3.8) is 0 Å². The number of thioether (sulfide) groups is 1. The van der Waals surface area contributed by atoms with Crippen LogP contribution in [-0.2, 0) is 4.79 Å². The number of amides is 1. The highest BCUT2D eigenvalue weighted by Gasteiger charge is 2.25. The Morgan fingerprint density at radius 3 is 2.48 bits per heavy atom. The van der Waals surface area contributed by atoms with Crippen molar-refractivity contribution in [1.29, 1.82) is 5.26 Å². The molecule has 0 bridgehead atoms. The molecule has 0 saturated carbocycles. The lowest BCUT2D eigenvalue weighted by atomic mass is 9.92. The number of aromatic nitrogens is 1. The number of benzene rings is 1. The van der Waals surface area contributed by atoms with Crippen molar-refractivity contribution < 1.29 is 4.79 Å². The van der Waals surface area contributed by atoms with Gasteiger partial charge in [0.2, 0.25) is 5.91 Å². The first-order valence-electron chi connectivity index (χ1n) is 9.35. The topological polar surface area (TPSA) is 57.0 Å². The van der Waals surface area contributed by atoms with E-state index in [4.69, 9.17) is 0 Å². The molecule has 0 spiro atoms. The molecule has 1 aliphatic rings. The van der Waals surface area contributed by atoms with Crippen LogP contribution in [0.4, 0.5) is 0 Å².